The van der Waals surface area contributed by atoms with Gasteiger partial charge in [0.25, 0.3) is 0 Å². The quantitative estimate of drug-likeness (QED) is 0.807. The van der Waals surface area contributed by atoms with E-state index in [1.807, 2.05) is 36.4 Å². The van der Waals surface area contributed by atoms with E-state index in [1.165, 1.54) is 11.3 Å². The van der Waals surface area contributed by atoms with Crippen LogP contribution in [-0.4, -0.2) is 19.7 Å². The summed E-state index contributed by atoms with van der Waals surface area (Å²) in [6.07, 6.45) is 0. The summed E-state index contributed by atoms with van der Waals surface area (Å²) < 4.78 is 11.0. The average molecular weight is 307 g/mol. The Kier molecular flexibility index (Phi) is 3.51. The smallest absolute Gasteiger partial charge is 0.339 e. The molecule has 0 N–H and O–H groups in total. The topological polar surface area (TPSA) is 35.5 Å². The molecule has 1 aliphatic heterocycles. The van der Waals surface area contributed by atoms with E-state index in [0.29, 0.717) is 9.91 Å². The molecule has 2 aromatic rings. The van der Waals surface area contributed by atoms with Crippen molar-refractivity contribution in [2.24, 2.45) is 0 Å². The Bertz CT molecular complexity index is 685. The Morgan fingerprint density at radius 2 is 1.95 bits per heavy atom. The first-order chi connectivity index (χ1) is 9.69. The molecule has 0 aliphatic carbocycles. The Morgan fingerprint density at radius 3 is 2.55 bits per heavy atom. The van der Waals surface area contributed by atoms with Crippen LogP contribution < -0.4 is 4.74 Å². The molecule has 20 heavy (non-hydrogen) atoms. The minimum atomic E-state index is -0.297. The third kappa shape index (κ3) is 2.32. The van der Waals surface area contributed by atoms with Gasteiger partial charge in [0.1, 0.15) is 12.4 Å². The van der Waals surface area contributed by atoms with Gasteiger partial charge in [-0.05, 0) is 29.8 Å². The maximum absolute atomic E-state index is 12.0. The van der Waals surface area contributed by atoms with Crippen molar-refractivity contribution in [1.82, 2.24) is 0 Å². The number of thiophene rings is 1. The van der Waals surface area contributed by atoms with Gasteiger partial charge in [-0.1, -0.05) is 23.7 Å². The number of benzene rings is 1. The lowest BCUT2D eigenvalue weighted by Gasteiger charge is -2.04. The van der Waals surface area contributed by atoms with Crippen LogP contribution in [0.1, 0.15) is 10.4 Å². The lowest BCUT2D eigenvalue weighted by Crippen LogP contribution is -1.98. The van der Waals surface area contributed by atoms with Gasteiger partial charge in [0.2, 0.25) is 0 Å². The fraction of sp³-hybridized carbons (Fsp3) is 0.133. The number of halogens is 1. The van der Waals surface area contributed by atoms with Crippen molar-refractivity contribution in [3.63, 3.8) is 0 Å². The van der Waals surface area contributed by atoms with Gasteiger partial charge in [0, 0.05) is 10.5 Å². The summed E-state index contributed by atoms with van der Waals surface area (Å²) in [6, 6.07) is 11.1. The lowest BCUT2D eigenvalue weighted by molar-refractivity contribution is -0.133. The summed E-state index contributed by atoms with van der Waals surface area (Å²) in [5, 5.41) is 0. The molecule has 0 bridgehead atoms. The number of rotatable bonds is 3. The summed E-state index contributed by atoms with van der Waals surface area (Å²) in [7, 11) is 1.61. The van der Waals surface area contributed by atoms with Crippen LogP contribution in [0.2, 0.25) is 4.34 Å². The molecule has 5 heteroatoms. The van der Waals surface area contributed by atoms with Crippen molar-refractivity contribution >= 4 is 40.1 Å². The van der Waals surface area contributed by atoms with Crippen LogP contribution in [0.5, 0.6) is 5.75 Å². The van der Waals surface area contributed by atoms with Gasteiger partial charge in [-0.2, -0.15) is 0 Å². The molecule has 3 nitrogen and oxygen atoms in total. The van der Waals surface area contributed by atoms with Crippen molar-refractivity contribution in [2.75, 3.05) is 13.7 Å². The molecule has 0 amide bonds. The van der Waals surface area contributed by atoms with Crippen molar-refractivity contribution in [3.8, 4) is 5.75 Å². The minimum absolute atomic E-state index is 0.289. The highest BCUT2D eigenvalue weighted by atomic mass is 35.5. The van der Waals surface area contributed by atoms with Gasteiger partial charge < -0.3 is 9.47 Å². The standard InChI is InChI=1S/C15H11ClO3S/c1-18-10-4-2-9(3-5-10)14-11(8-19-15(14)17)12-6-7-13(16)20-12/h2-7H,8H2,1H3. The van der Waals surface area contributed by atoms with Crippen LogP contribution in [0.3, 0.4) is 0 Å². The molecule has 0 spiro atoms. The van der Waals surface area contributed by atoms with Gasteiger partial charge in [-0.3, -0.25) is 0 Å². The summed E-state index contributed by atoms with van der Waals surface area (Å²) in [6.45, 7) is 0.289. The van der Waals surface area contributed by atoms with Crippen molar-refractivity contribution in [3.05, 3.63) is 51.2 Å². The van der Waals surface area contributed by atoms with Gasteiger partial charge in [0.05, 0.1) is 17.0 Å². The SMILES string of the molecule is COc1ccc(C2=C(c3ccc(Cl)s3)COC2=O)cc1. The first kappa shape index (κ1) is 13.2. The van der Waals surface area contributed by atoms with Gasteiger partial charge >= 0.3 is 5.97 Å². The highest BCUT2D eigenvalue weighted by Crippen LogP contribution is 2.37. The van der Waals surface area contributed by atoms with Crippen LogP contribution in [0.4, 0.5) is 0 Å². The summed E-state index contributed by atoms with van der Waals surface area (Å²) in [5.74, 6) is 0.455. The molecule has 0 unspecified atom stereocenters. The summed E-state index contributed by atoms with van der Waals surface area (Å²) in [4.78, 5) is 12.9. The van der Waals surface area contributed by atoms with Crippen LogP contribution in [0.25, 0.3) is 11.1 Å². The van der Waals surface area contributed by atoms with Crippen molar-refractivity contribution in [2.45, 2.75) is 0 Å². The highest BCUT2D eigenvalue weighted by molar-refractivity contribution is 7.17. The maximum Gasteiger partial charge on any atom is 0.339 e. The van der Waals surface area contributed by atoms with Crippen LogP contribution in [-0.2, 0) is 9.53 Å². The molecule has 0 saturated heterocycles. The van der Waals surface area contributed by atoms with Crippen LogP contribution in [0, 0.1) is 0 Å². The second-order valence-electron chi connectivity index (χ2n) is 4.26. The Balaban J connectivity index is 2.08. The van der Waals surface area contributed by atoms with Gasteiger partial charge in [-0.25, -0.2) is 4.79 Å². The number of carbonyl (C=O) groups is 1. The van der Waals surface area contributed by atoms with Crippen molar-refractivity contribution in [1.29, 1.82) is 0 Å². The summed E-state index contributed by atoms with van der Waals surface area (Å²) in [5.41, 5.74) is 2.32. The Hall–Kier alpha value is -1.78. The minimum Gasteiger partial charge on any atom is -0.497 e. The number of hydrogen-bond acceptors (Lipinski definition) is 4. The zero-order chi connectivity index (χ0) is 14.1. The zero-order valence-corrected chi connectivity index (χ0v) is 12.3. The molecule has 0 radical (unpaired) electrons. The zero-order valence-electron chi connectivity index (χ0n) is 10.7. The second kappa shape index (κ2) is 5.31. The lowest BCUT2D eigenvalue weighted by atomic mass is 10.0. The summed E-state index contributed by atoms with van der Waals surface area (Å²) >= 11 is 7.41. The van der Waals surface area contributed by atoms with Gasteiger partial charge in [-0.15, -0.1) is 11.3 Å². The maximum atomic E-state index is 12.0. The fourth-order valence-corrected chi connectivity index (χ4v) is 3.20. The third-order valence-corrected chi connectivity index (χ3v) is 4.39. The molecule has 3 rings (SSSR count). The first-order valence-electron chi connectivity index (χ1n) is 5.99. The number of ether oxygens (including phenoxy) is 2. The van der Waals surface area contributed by atoms with E-state index < -0.39 is 0 Å². The number of methoxy groups -OCH3 is 1. The normalized spacial score (nSPS) is 14.6. The van der Waals surface area contributed by atoms with Crippen LogP contribution in [0.15, 0.2) is 36.4 Å². The van der Waals surface area contributed by atoms with E-state index in [1.54, 1.807) is 7.11 Å². The molecule has 1 aromatic carbocycles. The van der Waals surface area contributed by atoms with Crippen molar-refractivity contribution < 1.29 is 14.3 Å². The Labute approximate surface area is 125 Å². The van der Waals surface area contributed by atoms with E-state index >= 15 is 0 Å². The van der Waals surface area contributed by atoms with Crippen LogP contribution >= 0.6 is 22.9 Å². The molecule has 0 atom stereocenters. The van der Waals surface area contributed by atoms with Gasteiger partial charge in [0.15, 0.2) is 0 Å². The molecule has 102 valence electrons. The number of hydrogen-bond donors (Lipinski definition) is 0. The molecular weight excluding hydrogens is 296 g/mol. The highest BCUT2D eigenvalue weighted by Gasteiger charge is 2.27. The van der Waals surface area contributed by atoms with E-state index in [9.17, 15) is 4.79 Å². The van der Waals surface area contributed by atoms with E-state index in [0.717, 1.165) is 21.8 Å². The predicted octanol–water partition coefficient (Wildman–Crippen LogP) is 3.88. The monoisotopic (exact) mass is 306 g/mol. The largest absolute Gasteiger partial charge is 0.497 e. The molecule has 1 aliphatic rings. The Morgan fingerprint density at radius 1 is 1.20 bits per heavy atom. The molecular formula is C15H11ClO3S. The molecule has 2 heterocycles. The fourth-order valence-electron chi connectivity index (χ4n) is 2.13. The number of cyclic esters (lactones) is 1. The molecule has 0 saturated carbocycles. The molecule has 1 aromatic heterocycles. The number of esters is 1. The van der Waals surface area contributed by atoms with E-state index in [-0.39, 0.29) is 12.6 Å². The number of carbonyl (C=O) groups excluding carboxylic acids is 1. The van der Waals surface area contributed by atoms with E-state index in [4.69, 9.17) is 21.1 Å². The average Bonchev–Trinajstić information content (AvgIpc) is 3.05. The van der Waals surface area contributed by atoms with E-state index in [2.05, 4.69) is 0 Å². The first-order valence-corrected chi connectivity index (χ1v) is 7.19. The third-order valence-electron chi connectivity index (χ3n) is 3.10. The second-order valence-corrected chi connectivity index (χ2v) is 5.98. The molecule has 0 fully saturated rings. The predicted molar refractivity (Wildman–Crippen MR) is 80.1 cm³/mol.